The molecule has 0 radical (unpaired) electrons. The van der Waals surface area contributed by atoms with E-state index in [-0.39, 0.29) is 5.91 Å². The third kappa shape index (κ3) is 3.57. The maximum Gasteiger partial charge on any atom is 0.260 e. The summed E-state index contributed by atoms with van der Waals surface area (Å²) >= 11 is 2.73. The number of carbonyl (C=O) groups excluding carboxylic acids is 1. The molecule has 3 heterocycles. The van der Waals surface area contributed by atoms with Crippen LogP contribution in [0.4, 0.5) is 5.13 Å². The van der Waals surface area contributed by atoms with E-state index in [1.807, 2.05) is 13.8 Å². The van der Waals surface area contributed by atoms with E-state index >= 15 is 0 Å². The molecular weight excluding hydrogens is 334 g/mol. The van der Waals surface area contributed by atoms with Crippen molar-refractivity contribution in [1.29, 1.82) is 0 Å². The van der Waals surface area contributed by atoms with E-state index in [0.29, 0.717) is 21.5 Å². The second-order valence-corrected chi connectivity index (χ2v) is 6.44. The minimum Gasteiger partial charge on any atom is -0.361 e. The number of hydrogen-bond acceptors (Lipinski definition) is 8. The number of carbonyl (C=O) groups is 1. The highest BCUT2D eigenvalue weighted by atomic mass is 32.2. The number of aryl methyl sites for hydroxylation is 2. The maximum absolute atomic E-state index is 12.4. The Balaban J connectivity index is 1.76. The average molecular weight is 347 g/mol. The quantitative estimate of drug-likeness (QED) is 0.709. The normalized spacial score (nSPS) is 10.7. The molecule has 3 aromatic heterocycles. The molecule has 23 heavy (non-hydrogen) atoms. The molecule has 0 fully saturated rings. The molecule has 0 aliphatic carbocycles. The molecule has 1 N–H and O–H groups in total. The molecule has 3 aromatic rings. The summed E-state index contributed by atoms with van der Waals surface area (Å²) in [7, 11) is 0. The molecule has 0 aliphatic heterocycles. The molecule has 0 aromatic carbocycles. The number of anilines is 1. The molecule has 0 saturated heterocycles. The summed E-state index contributed by atoms with van der Waals surface area (Å²) in [6.45, 7) is 3.77. The zero-order chi connectivity index (χ0) is 16.2. The molecule has 0 spiro atoms. The SMILES string of the molecule is Cc1noc(C)c1CSc1ncccc1C(=O)Nc1nncs1. The summed E-state index contributed by atoms with van der Waals surface area (Å²) in [4.78, 5) is 16.7. The van der Waals surface area contributed by atoms with Gasteiger partial charge in [0, 0.05) is 17.5 Å². The van der Waals surface area contributed by atoms with Crippen molar-refractivity contribution in [1.82, 2.24) is 20.3 Å². The minimum atomic E-state index is -0.254. The van der Waals surface area contributed by atoms with Crippen LogP contribution in [0.1, 0.15) is 27.4 Å². The van der Waals surface area contributed by atoms with Crippen molar-refractivity contribution in [3.63, 3.8) is 0 Å². The van der Waals surface area contributed by atoms with Gasteiger partial charge >= 0.3 is 0 Å². The summed E-state index contributed by atoms with van der Waals surface area (Å²) < 4.78 is 5.15. The van der Waals surface area contributed by atoms with Gasteiger partial charge in [-0.05, 0) is 26.0 Å². The highest BCUT2D eigenvalue weighted by Gasteiger charge is 2.16. The smallest absolute Gasteiger partial charge is 0.260 e. The average Bonchev–Trinajstić information content (AvgIpc) is 3.16. The van der Waals surface area contributed by atoms with Gasteiger partial charge in [0.2, 0.25) is 5.13 Å². The summed E-state index contributed by atoms with van der Waals surface area (Å²) in [5.74, 6) is 1.17. The van der Waals surface area contributed by atoms with Gasteiger partial charge in [-0.3, -0.25) is 10.1 Å². The van der Waals surface area contributed by atoms with Gasteiger partial charge in [0.25, 0.3) is 5.91 Å². The van der Waals surface area contributed by atoms with E-state index in [1.165, 1.54) is 23.1 Å². The molecule has 3 rings (SSSR count). The number of hydrogen-bond donors (Lipinski definition) is 1. The van der Waals surface area contributed by atoms with E-state index in [1.54, 1.807) is 23.8 Å². The van der Waals surface area contributed by atoms with Crippen LogP contribution < -0.4 is 5.32 Å². The van der Waals surface area contributed by atoms with Gasteiger partial charge in [-0.25, -0.2) is 4.98 Å². The lowest BCUT2D eigenvalue weighted by Gasteiger charge is -2.07. The van der Waals surface area contributed by atoms with E-state index < -0.39 is 0 Å². The topological polar surface area (TPSA) is 93.8 Å². The largest absolute Gasteiger partial charge is 0.361 e. The zero-order valence-electron chi connectivity index (χ0n) is 12.4. The van der Waals surface area contributed by atoms with Crippen LogP contribution in [0.2, 0.25) is 0 Å². The van der Waals surface area contributed by atoms with Gasteiger partial charge in [-0.2, -0.15) is 0 Å². The molecule has 0 bridgehead atoms. The molecule has 0 atom stereocenters. The Morgan fingerprint density at radius 2 is 2.30 bits per heavy atom. The lowest BCUT2D eigenvalue weighted by molar-refractivity contribution is 0.102. The lowest BCUT2D eigenvalue weighted by Crippen LogP contribution is -2.13. The maximum atomic E-state index is 12.4. The number of thioether (sulfide) groups is 1. The number of nitrogens with zero attached hydrogens (tertiary/aromatic N) is 4. The fourth-order valence-corrected chi connectivity index (χ4v) is 3.50. The van der Waals surface area contributed by atoms with Crippen LogP contribution in [-0.4, -0.2) is 26.2 Å². The number of rotatable bonds is 5. The number of nitrogens with one attached hydrogen (secondary N) is 1. The predicted octanol–water partition coefficient (Wildman–Crippen LogP) is 3.08. The Hall–Kier alpha value is -2.26. The first-order chi connectivity index (χ1) is 11.1. The Labute approximate surface area is 140 Å². The minimum absolute atomic E-state index is 0.254. The van der Waals surface area contributed by atoms with Gasteiger partial charge in [0.05, 0.1) is 11.3 Å². The van der Waals surface area contributed by atoms with Crippen molar-refractivity contribution >= 4 is 34.1 Å². The van der Waals surface area contributed by atoms with Gasteiger partial charge in [0.1, 0.15) is 16.3 Å². The Kier molecular flexibility index (Phi) is 4.68. The number of aromatic nitrogens is 4. The van der Waals surface area contributed by atoms with Gasteiger partial charge < -0.3 is 4.52 Å². The summed E-state index contributed by atoms with van der Waals surface area (Å²) in [5, 5.41) is 15.3. The van der Waals surface area contributed by atoms with Crippen LogP contribution in [0.5, 0.6) is 0 Å². The summed E-state index contributed by atoms with van der Waals surface area (Å²) in [6, 6.07) is 3.47. The van der Waals surface area contributed by atoms with Gasteiger partial charge in [-0.15, -0.1) is 22.0 Å². The molecule has 0 unspecified atom stereocenters. The zero-order valence-corrected chi connectivity index (χ0v) is 14.1. The van der Waals surface area contributed by atoms with Crippen molar-refractivity contribution in [2.75, 3.05) is 5.32 Å². The van der Waals surface area contributed by atoms with Gasteiger partial charge in [-0.1, -0.05) is 16.5 Å². The van der Waals surface area contributed by atoms with Crippen LogP contribution in [-0.2, 0) is 5.75 Å². The molecule has 0 aliphatic rings. The third-order valence-corrected chi connectivity index (χ3v) is 4.77. The first-order valence-electron chi connectivity index (χ1n) is 6.72. The molecule has 1 amide bonds. The Morgan fingerprint density at radius 1 is 1.43 bits per heavy atom. The summed E-state index contributed by atoms with van der Waals surface area (Å²) in [6.07, 6.45) is 1.66. The standard InChI is InChI=1S/C14H13N5O2S2/c1-8-11(9(2)21-19-8)6-22-13-10(4-3-5-15-13)12(20)17-14-18-16-7-23-14/h3-5,7H,6H2,1-2H3,(H,17,18,20). The van der Waals surface area contributed by atoms with Gasteiger partial charge in [0.15, 0.2) is 0 Å². The molecular formula is C14H13N5O2S2. The molecule has 118 valence electrons. The van der Waals surface area contributed by atoms with Crippen LogP contribution >= 0.6 is 23.1 Å². The second kappa shape index (κ2) is 6.88. The lowest BCUT2D eigenvalue weighted by atomic mass is 10.2. The van der Waals surface area contributed by atoms with Crippen LogP contribution in [0, 0.1) is 13.8 Å². The Bertz CT molecular complexity index is 797. The van der Waals surface area contributed by atoms with E-state index in [0.717, 1.165) is 17.0 Å². The van der Waals surface area contributed by atoms with Crippen molar-refractivity contribution in [2.45, 2.75) is 24.6 Å². The van der Waals surface area contributed by atoms with Crippen molar-refractivity contribution in [2.24, 2.45) is 0 Å². The van der Waals surface area contributed by atoms with E-state index in [4.69, 9.17) is 4.52 Å². The summed E-state index contributed by atoms with van der Waals surface area (Å²) in [5.41, 5.74) is 3.94. The highest BCUT2D eigenvalue weighted by molar-refractivity contribution is 7.98. The van der Waals surface area contributed by atoms with Crippen molar-refractivity contribution < 1.29 is 9.32 Å². The molecule has 7 nitrogen and oxygen atoms in total. The molecule has 9 heteroatoms. The fraction of sp³-hybridized carbons (Fsp3) is 0.214. The monoisotopic (exact) mass is 347 g/mol. The van der Waals surface area contributed by atoms with E-state index in [9.17, 15) is 4.79 Å². The van der Waals surface area contributed by atoms with Crippen LogP contribution in [0.15, 0.2) is 33.4 Å². The number of amides is 1. The van der Waals surface area contributed by atoms with Crippen LogP contribution in [0.25, 0.3) is 0 Å². The second-order valence-electron chi connectivity index (χ2n) is 4.65. The number of pyridine rings is 1. The molecule has 0 saturated carbocycles. The van der Waals surface area contributed by atoms with Crippen LogP contribution in [0.3, 0.4) is 0 Å². The fourth-order valence-electron chi connectivity index (χ4n) is 1.92. The first kappa shape index (κ1) is 15.6. The third-order valence-electron chi connectivity index (χ3n) is 3.13. The van der Waals surface area contributed by atoms with E-state index in [2.05, 4.69) is 25.7 Å². The predicted molar refractivity (Wildman–Crippen MR) is 87.6 cm³/mol. The Morgan fingerprint density at radius 3 is 3.00 bits per heavy atom. The van der Waals surface area contributed by atoms with Crippen molar-refractivity contribution in [3.05, 3.63) is 46.4 Å². The van der Waals surface area contributed by atoms with Crippen molar-refractivity contribution in [3.8, 4) is 0 Å². The highest BCUT2D eigenvalue weighted by Crippen LogP contribution is 2.27. The first-order valence-corrected chi connectivity index (χ1v) is 8.58.